The summed E-state index contributed by atoms with van der Waals surface area (Å²) < 4.78 is 0.962. The lowest BCUT2D eigenvalue weighted by atomic mass is 10.1. The van der Waals surface area contributed by atoms with Gasteiger partial charge in [-0.05, 0) is 35.7 Å². The largest absolute Gasteiger partial charge is 0.508 e. The molecule has 6 heteroatoms. The Hall–Kier alpha value is -3.43. The van der Waals surface area contributed by atoms with Crippen LogP contribution in [0.5, 0.6) is 5.75 Å². The van der Waals surface area contributed by atoms with Crippen LogP contribution in [-0.2, 0) is 6.42 Å². The monoisotopic (exact) mass is 372 g/mol. The minimum atomic E-state index is 0.202. The number of rotatable bonds is 5. The van der Waals surface area contributed by atoms with E-state index in [1.54, 1.807) is 29.5 Å². The van der Waals surface area contributed by atoms with Gasteiger partial charge in [-0.15, -0.1) is 11.3 Å². The Morgan fingerprint density at radius 1 is 1.07 bits per heavy atom. The highest BCUT2D eigenvalue weighted by Gasteiger charge is 2.11. The van der Waals surface area contributed by atoms with E-state index in [1.165, 1.54) is 6.33 Å². The van der Waals surface area contributed by atoms with E-state index in [9.17, 15) is 5.11 Å². The summed E-state index contributed by atoms with van der Waals surface area (Å²) in [6, 6.07) is 19.5. The lowest BCUT2D eigenvalue weighted by Gasteiger charge is -2.06. The van der Waals surface area contributed by atoms with E-state index in [2.05, 4.69) is 51.7 Å². The van der Waals surface area contributed by atoms with Crippen molar-refractivity contribution < 1.29 is 5.11 Å². The number of nitriles is 1. The van der Waals surface area contributed by atoms with E-state index >= 15 is 0 Å². The fourth-order valence-electron chi connectivity index (χ4n) is 2.84. The third-order valence-corrected chi connectivity index (χ3v) is 5.36. The number of aromatic hydroxyl groups is 1. The van der Waals surface area contributed by atoms with Crippen molar-refractivity contribution in [2.24, 2.45) is 0 Å². The van der Waals surface area contributed by atoms with E-state index in [0.717, 1.165) is 38.3 Å². The molecule has 0 spiro atoms. The van der Waals surface area contributed by atoms with Crippen molar-refractivity contribution in [3.8, 4) is 22.3 Å². The standard InChI is InChI=1S/C21H16N4OS/c22-10-2-3-14-6-8-15(9-7-14)19-12-18-20(27-19)21(24-13-23-18)25-16-4-1-5-17(26)11-16/h1,4-9,11-13,26H,2-3H2,(H,23,24,25). The molecule has 0 fully saturated rings. The van der Waals surface area contributed by atoms with Gasteiger partial charge < -0.3 is 10.4 Å². The molecule has 0 bridgehead atoms. The highest BCUT2D eigenvalue weighted by molar-refractivity contribution is 7.22. The first-order valence-corrected chi connectivity index (χ1v) is 9.31. The Balaban J connectivity index is 1.65. The predicted octanol–water partition coefficient (Wildman–Crippen LogP) is 5.26. The summed E-state index contributed by atoms with van der Waals surface area (Å²) >= 11 is 1.62. The number of fused-ring (bicyclic) bond motifs is 1. The Labute approximate surface area is 160 Å². The summed E-state index contributed by atoms with van der Waals surface area (Å²) in [5.74, 6) is 0.918. The number of hydrogen-bond acceptors (Lipinski definition) is 6. The second-order valence-corrected chi connectivity index (χ2v) is 7.13. The van der Waals surface area contributed by atoms with Gasteiger partial charge in [0.15, 0.2) is 5.82 Å². The summed E-state index contributed by atoms with van der Waals surface area (Å²) in [5.41, 5.74) is 3.92. The third kappa shape index (κ3) is 3.73. The first-order valence-electron chi connectivity index (χ1n) is 8.50. The van der Waals surface area contributed by atoms with E-state index in [4.69, 9.17) is 5.26 Å². The Kier molecular flexibility index (Phi) is 4.69. The maximum atomic E-state index is 9.65. The maximum absolute atomic E-state index is 9.65. The van der Waals surface area contributed by atoms with Crippen molar-refractivity contribution in [3.05, 3.63) is 66.5 Å². The Morgan fingerprint density at radius 3 is 2.70 bits per heavy atom. The van der Waals surface area contributed by atoms with Crippen LogP contribution < -0.4 is 5.32 Å². The molecule has 2 N–H and O–H groups in total. The van der Waals surface area contributed by atoms with Crippen LogP contribution in [0.3, 0.4) is 0 Å². The van der Waals surface area contributed by atoms with Gasteiger partial charge in [-0.2, -0.15) is 5.26 Å². The van der Waals surface area contributed by atoms with Crippen molar-refractivity contribution in [2.45, 2.75) is 12.8 Å². The average molecular weight is 372 g/mol. The molecule has 4 aromatic rings. The molecule has 0 unspecified atom stereocenters. The SMILES string of the molecule is N#CCCc1ccc(-c2cc3ncnc(Nc4cccc(O)c4)c3s2)cc1. The van der Waals surface area contributed by atoms with Crippen molar-refractivity contribution in [2.75, 3.05) is 5.32 Å². The second-order valence-electron chi connectivity index (χ2n) is 6.08. The van der Waals surface area contributed by atoms with Gasteiger partial charge in [0.25, 0.3) is 0 Å². The van der Waals surface area contributed by atoms with E-state index in [1.807, 2.05) is 6.07 Å². The van der Waals surface area contributed by atoms with Crippen LogP contribution in [-0.4, -0.2) is 15.1 Å². The summed E-state index contributed by atoms with van der Waals surface area (Å²) in [6.07, 6.45) is 2.84. The molecule has 0 aliphatic carbocycles. The Morgan fingerprint density at radius 2 is 1.93 bits per heavy atom. The summed E-state index contributed by atoms with van der Waals surface area (Å²) in [7, 11) is 0. The highest BCUT2D eigenvalue weighted by atomic mass is 32.1. The molecular weight excluding hydrogens is 356 g/mol. The molecule has 27 heavy (non-hydrogen) atoms. The predicted molar refractivity (Wildman–Crippen MR) is 108 cm³/mol. The van der Waals surface area contributed by atoms with Crippen molar-refractivity contribution in [1.29, 1.82) is 5.26 Å². The quantitative estimate of drug-likeness (QED) is 0.499. The van der Waals surface area contributed by atoms with Gasteiger partial charge in [-0.1, -0.05) is 30.3 Å². The zero-order valence-corrected chi connectivity index (χ0v) is 15.2. The number of aromatic nitrogens is 2. The lowest BCUT2D eigenvalue weighted by Crippen LogP contribution is -1.93. The van der Waals surface area contributed by atoms with Crippen LogP contribution in [0.15, 0.2) is 60.9 Å². The number of benzene rings is 2. The van der Waals surface area contributed by atoms with Gasteiger partial charge in [0, 0.05) is 23.1 Å². The molecule has 0 amide bonds. The molecule has 2 heterocycles. The molecular formula is C21H16N4OS. The molecule has 132 valence electrons. The number of hydrogen-bond donors (Lipinski definition) is 2. The summed E-state index contributed by atoms with van der Waals surface area (Å²) in [5, 5.41) is 21.6. The number of phenols is 1. The number of anilines is 2. The minimum Gasteiger partial charge on any atom is -0.508 e. The van der Waals surface area contributed by atoms with E-state index in [0.29, 0.717) is 12.2 Å². The molecule has 2 aromatic carbocycles. The van der Waals surface area contributed by atoms with Gasteiger partial charge in [-0.25, -0.2) is 9.97 Å². The molecule has 0 saturated heterocycles. The molecule has 0 atom stereocenters. The molecule has 4 rings (SSSR count). The van der Waals surface area contributed by atoms with Gasteiger partial charge in [-0.3, -0.25) is 0 Å². The number of aryl methyl sites for hydroxylation is 1. The van der Waals surface area contributed by atoms with Crippen LogP contribution in [0.4, 0.5) is 11.5 Å². The second kappa shape index (κ2) is 7.44. The van der Waals surface area contributed by atoms with Crippen LogP contribution in [0.2, 0.25) is 0 Å². The number of nitrogens with zero attached hydrogens (tertiary/aromatic N) is 3. The van der Waals surface area contributed by atoms with Crippen LogP contribution in [0.25, 0.3) is 20.7 Å². The van der Waals surface area contributed by atoms with Gasteiger partial charge in [0.1, 0.15) is 12.1 Å². The van der Waals surface area contributed by atoms with Gasteiger partial charge >= 0.3 is 0 Å². The van der Waals surface area contributed by atoms with Gasteiger partial charge in [0.2, 0.25) is 0 Å². The first kappa shape index (κ1) is 17.0. The number of thiophene rings is 1. The summed E-state index contributed by atoms with van der Waals surface area (Å²) in [4.78, 5) is 9.85. The molecule has 0 aliphatic rings. The zero-order chi connectivity index (χ0) is 18.6. The first-order chi connectivity index (χ1) is 13.2. The van der Waals surface area contributed by atoms with Crippen LogP contribution in [0.1, 0.15) is 12.0 Å². The zero-order valence-electron chi connectivity index (χ0n) is 14.4. The molecule has 0 aliphatic heterocycles. The normalized spacial score (nSPS) is 10.6. The van der Waals surface area contributed by atoms with Crippen LogP contribution >= 0.6 is 11.3 Å². The molecule has 2 aromatic heterocycles. The smallest absolute Gasteiger partial charge is 0.151 e. The van der Waals surface area contributed by atoms with Crippen molar-refractivity contribution in [1.82, 2.24) is 9.97 Å². The van der Waals surface area contributed by atoms with Crippen molar-refractivity contribution in [3.63, 3.8) is 0 Å². The fraction of sp³-hybridized carbons (Fsp3) is 0.0952. The van der Waals surface area contributed by atoms with E-state index < -0.39 is 0 Å². The van der Waals surface area contributed by atoms with E-state index in [-0.39, 0.29) is 5.75 Å². The average Bonchev–Trinajstić information content (AvgIpc) is 3.12. The third-order valence-electron chi connectivity index (χ3n) is 4.18. The fourth-order valence-corrected chi connectivity index (χ4v) is 3.90. The Bertz CT molecular complexity index is 1130. The maximum Gasteiger partial charge on any atom is 0.151 e. The van der Waals surface area contributed by atoms with Crippen molar-refractivity contribution >= 4 is 33.1 Å². The molecule has 0 radical (unpaired) electrons. The summed E-state index contributed by atoms with van der Waals surface area (Å²) in [6.45, 7) is 0. The van der Waals surface area contributed by atoms with Crippen LogP contribution in [0, 0.1) is 11.3 Å². The van der Waals surface area contributed by atoms with Gasteiger partial charge in [0.05, 0.1) is 16.3 Å². The molecule has 0 saturated carbocycles. The highest BCUT2D eigenvalue weighted by Crippen LogP contribution is 2.36. The number of nitrogens with one attached hydrogen (secondary N) is 1. The molecule has 5 nitrogen and oxygen atoms in total. The topological polar surface area (TPSA) is 81.8 Å². The lowest BCUT2D eigenvalue weighted by molar-refractivity contribution is 0.475. The number of phenolic OH excluding ortho intramolecular Hbond substituents is 1. The minimum absolute atomic E-state index is 0.202.